The summed E-state index contributed by atoms with van der Waals surface area (Å²) in [5, 5.41) is 3.92. The van der Waals surface area contributed by atoms with Crippen LogP contribution in [0.1, 0.15) is 25.7 Å². The number of carbonyl (C=O) groups is 1. The molecule has 1 atom stereocenters. The van der Waals surface area contributed by atoms with Gasteiger partial charge in [0.25, 0.3) is 5.56 Å². The van der Waals surface area contributed by atoms with Gasteiger partial charge in [0.15, 0.2) is 0 Å². The van der Waals surface area contributed by atoms with Crippen LogP contribution in [0.2, 0.25) is 5.02 Å². The average molecular weight is 385 g/mol. The number of rotatable bonds is 4. The number of fused-ring (bicyclic) bond motifs is 1. The summed E-state index contributed by atoms with van der Waals surface area (Å²) < 4.78 is 1.61. The van der Waals surface area contributed by atoms with E-state index >= 15 is 0 Å². The van der Waals surface area contributed by atoms with Crippen molar-refractivity contribution in [3.8, 4) is 0 Å². The molecule has 27 heavy (non-hydrogen) atoms. The van der Waals surface area contributed by atoms with E-state index in [1.54, 1.807) is 48.0 Å². The molecule has 0 saturated heterocycles. The Labute approximate surface area is 162 Å². The van der Waals surface area contributed by atoms with Crippen LogP contribution in [0.5, 0.6) is 0 Å². The molecule has 1 aromatic heterocycles. The Morgan fingerprint density at radius 3 is 2.70 bits per heavy atom. The van der Waals surface area contributed by atoms with Crippen LogP contribution in [-0.2, 0) is 6.54 Å². The van der Waals surface area contributed by atoms with Crippen LogP contribution in [0.15, 0.2) is 53.3 Å². The maximum atomic E-state index is 12.8. The summed E-state index contributed by atoms with van der Waals surface area (Å²) in [7, 11) is 1.67. The standard InChI is InChI=1S/C20H21ClN4O2/c1-4-25-18(23-17-11-6-5-10-16(17)19(25)26)13(2)24(3)20(27)22-15-9-7-8-14(21)12-15/h5-13H,4H2,1-3H3,(H,22,27). The molecule has 0 bridgehead atoms. The molecule has 2 amide bonds. The first-order valence-corrected chi connectivity index (χ1v) is 9.09. The number of halogens is 1. The van der Waals surface area contributed by atoms with Gasteiger partial charge in [-0.1, -0.05) is 29.8 Å². The zero-order valence-corrected chi connectivity index (χ0v) is 16.2. The van der Waals surface area contributed by atoms with Gasteiger partial charge in [-0.05, 0) is 44.2 Å². The molecule has 3 rings (SSSR count). The van der Waals surface area contributed by atoms with E-state index in [9.17, 15) is 9.59 Å². The van der Waals surface area contributed by atoms with Crippen molar-refractivity contribution in [1.82, 2.24) is 14.5 Å². The van der Waals surface area contributed by atoms with Crippen LogP contribution in [0.4, 0.5) is 10.5 Å². The minimum Gasteiger partial charge on any atom is -0.318 e. The number of benzene rings is 2. The second-order valence-corrected chi connectivity index (χ2v) is 6.70. The predicted molar refractivity (Wildman–Crippen MR) is 108 cm³/mol. The summed E-state index contributed by atoms with van der Waals surface area (Å²) in [4.78, 5) is 31.6. The van der Waals surface area contributed by atoms with Gasteiger partial charge in [0.2, 0.25) is 0 Å². The zero-order valence-electron chi connectivity index (χ0n) is 15.4. The topological polar surface area (TPSA) is 67.2 Å². The highest BCUT2D eigenvalue weighted by atomic mass is 35.5. The van der Waals surface area contributed by atoms with Crippen molar-refractivity contribution in [2.75, 3.05) is 12.4 Å². The third-order valence-electron chi connectivity index (χ3n) is 4.56. The molecule has 0 aliphatic heterocycles. The number of hydrogen-bond acceptors (Lipinski definition) is 3. The summed E-state index contributed by atoms with van der Waals surface area (Å²) in [6, 6.07) is 13.5. The number of nitrogens with one attached hydrogen (secondary N) is 1. The smallest absolute Gasteiger partial charge is 0.318 e. The molecule has 0 aliphatic rings. The van der Waals surface area contributed by atoms with Crippen LogP contribution in [0.25, 0.3) is 10.9 Å². The summed E-state index contributed by atoms with van der Waals surface area (Å²) in [5.74, 6) is 0.546. The zero-order chi connectivity index (χ0) is 19.6. The van der Waals surface area contributed by atoms with Crippen LogP contribution in [0.3, 0.4) is 0 Å². The molecule has 0 saturated carbocycles. The summed E-state index contributed by atoms with van der Waals surface area (Å²) in [6.07, 6.45) is 0. The lowest BCUT2D eigenvalue weighted by atomic mass is 10.2. The van der Waals surface area contributed by atoms with Crippen molar-refractivity contribution < 1.29 is 4.79 Å². The molecule has 1 N–H and O–H groups in total. The molecule has 140 valence electrons. The molecule has 6 nitrogen and oxygen atoms in total. The first-order valence-electron chi connectivity index (χ1n) is 8.71. The van der Waals surface area contributed by atoms with Gasteiger partial charge in [-0.2, -0.15) is 0 Å². The maximum absolute atomic E-state index is 12.8. The van der Waals surface area contributed by atoms with Gasteiger partial charge in [0.1, 0.15) is 5.82 Å². The summed E-state index contributed by atoms with van der Waals surface area (Å²) in [6.45, 7) is 4.21. The Morgan fingerprint density at radius 2 is 2.00 bits per heavy atom. The highest BCUT2D eigenvalue weighted by Gasteiger charge is 2.23. The van der Waals surface area contributed by atoms with E-state index in [2.05, 4.69) is 10.3 Å². The number of amides is 2. The fraction of sp³-hybridized carbons (Fsp3) is 0.250. The number of carbonyl (C=O) groups excluding carboxylic acids is 1. The number of urea groups is 1. The second kappa shape index (κ2) is 7.80. The molecular formula is C20H21ClN4O2. The Hall–Kier alpha value is -2.86. The third kappa shape index (κ3) is 3.80. The number of nitrogens with zero attached hydrogens (tertiary/aromatic N) is 3. The Balaban J connectivity index is 1.93. The molecule has 0 spiro atoms. The highest BCUT2D eigenvalue weighted by Crippen LogP contribution is 2.21. The SMILES string of the molecule is CCn1c(C(C)N(C)C(=O)Nc2cccc(Cl)c2)nc2ccccc2c1=O. The monoisotopic (exact) mass is 384 g/mol. The van der Waals surface area contributed by atoms with Gasteiger partial charge in [-0.3, -0.25) is 9.36 Å². The first-order chi connectivity index (χ1) is 12.9. The molecule has 7 heteroatoms. The lowest BCUT2D eigenvalue weighted by Crippen LogP contribution is -2.37. The van der Waals surface area contributed by atoms with E-state index in [4.69, 9.17) is 11.6 Å². The van der Waals surface area contributed by atoms with Gasteiger partial charge < -0.3 is 10.2 Å². The fourth-order valence-electron chi connectivity index (χ4n) is 2.94. The maximum Gasteiger partial charge on any atom is 0.322 e. The Kier molecular flexibility index (Phi) is 5.46. The normalized spacial score (nSPS) is 12.0. The summed E-state index contributed by atoms with van der Waals surface area (Å²) in [5.41, 5.74) is 1.12. The van der Waals surface area contributed by atoms with Gasteiger partial charge >= 0.3 is 6.03 Å². The van der Waals surface area contributed by atoms with E-state index in [1.165, 1.54) is 4.90 Å². The van der Waals surface area contributed by atoms with Gasteiger partial charge in [0.05, 0.1) is 16.9 Å². The number of anilines is 1. The Morgan fingerprint density at radius 1 is 1.26 bits per heavy atom. The number of hydrogen-bond donors (Lipinski definition) is 1. The van der Waals surface area contributed by atoms with E-state index < -0.39 is 6.04 Å². The molecule has 0 aliphatic carbocycles. The molecule has 1 heterocycles. The molecule has 0 radical (unpaired) electrons. The van der Waals surface area contributed by atoms with Gasteiger partial charge in [0, 0.05) is 24.3 Å². The van der Waals surface area contributed by atoms with E-state index in [1.807, 2.05) is 26.0 Å². The van der Waals surface area contributed by atoms with Crippen molar-refractivity contribution in [3.63, 3.8) is 0 Å². The minimum atomic E-state index is -0.401. The average Bonchev–Trinajstić information content (AvgIpc) is 2.66. The lowest BCUT2D eigenvalue weighted by molar-refractivity contribution is 0.204. The largest absolute Gasteiger partial charge is 0.322 e. The molecular weight excluding hydrogens is 364 g/mol. The second-order valence-electron chi connectivity index (χ2n) is 6.26. The van der Waals surface area contributed by atoms with Crippen LogP contribution in [-0.4, -0.2) is 27.5 Å². The first kappa shape index (κ1) is 18.9. The van der Waals surface area contributed by atoms with Crippen molar-refractivity contribution in [2.24, 2.45) is 0 Å². The number of aromatic nitrogens is 2. The van der Waals surface area contributed by atoms with E-state index in [0.717, 1.165) is 0 Å². The minimum absolute atomic E-state index is 0.103. The molecule has 3 aromatic rings. The van der Waals surface area contributed by atoms with Crippen LogP contribution >= 0.6 is 11.6 Å². The Bertz CT molecular complexity index is 1050. The fourth-order valence-corrected chi connectivity index (χ4v) is 3.13. The van der Waals surface area contributed by atoms with E-state index in [-0.39, 0.29) is 11.6 Å². The molecule has 0 fully saturated rings. The van der Waals surface area contributed by atoms with E-state index in [0.29, 0.717) is 34.0 Å². The summed E-state index contributed by atoms with van der Waals surface area (Å²) >= 11 is 5.97. The predicted octanol–water partition coefficient (Wildman–Crippen LogP) is 4.29. The van der Waals surface area contributed by atoms with Crippen molar-refractivity contribution in [3.05, 3.63) is 69.7 Å². The molecule has 2 aromatic carbocycles. The van der Waals surface area contributed by atoms with Crippen LogP contribution < -0.4 is 10.9 Å². The highest BCUT2D eigenvalue weighted by molar-refractivity contribution is 6.30. The quantitative estimate of drug-likeness (QED) is 0.729. The van der Waals surface area contributed by atoms with Crippen LogP contribution in [0, 0.1) is 0 Å². The number of para-hydroxylation sites is 1. The third-order valence-corrected chi connectivity index (χ3v) is 4.79. The molecule has 1 unspecified atom stereocenters. The van der Waals surface area contributed by atoms with Gasteiger partial charge in [-0.25, -0.2) is 9.78 Å². The van der Waals surface area contributed by atoms with Gasteiger partial charge in [-0.15, -0.1) is 0 Å². The lowest BCUT2D eigenvalue weighted by Gasteiger charge is -2.27. The van der Waals surface area contributed by atoms with Crippen molar-refractivity contribution >= 4 is 34.2 Å². The van der Waals surface area contributed by atoms with Crippen molar-refractivity contribution in [2.45, 2.75) is 26.4 Å². The van der Waals surface area contributed by atoms with Crippen molar-refractivity contribution in [1.29, 1.82) is 0 Å².